The Hall–Kier alpha value is -2.00. The van der Waals surface area contributed by atoms with Gasteiger partial charge in [-0.1, -0.05) is 31.4 Å². The summed E-state index contributed by atoms with van der Waals surface area (Å²) in [4.78, 5) is 0. The van der Waals surface area contributed by atoms with Gasteiger partial charge >= 0.3 is 0 Å². The summed E-state index contributed by atoms with van der Waals surface area (Å²) in [6.45, 7) is 0. The van der Waals surface area contributed by atoms with Gasteiger partial charge < -0.3 is 5.32 Å². The van der Waals surface area contributed by atoms with Crippen LogP contribution in [0.5, 0.6) is 0 Å². The molecule has 0 amide bonds. The van der Waals surface area contributed by atoms with Gasteiger partial charge in [0, 0.05) is 6.04 Å². The van der Waals surface area contributed by atoms with Gasteiger partial charge in [0.15, 0.2) is 0 Å². The highest BCUT2D eigenvalue weighted by Crippen LogP contribution is 2.27. The lowest BCUT2D eigenvalue weighted by Crippen LogP contribution is -2.27. The van der Waals surface area contributed by atoms with E-state index in [-0.39, 0.29) is 12.0 Å². The minimum Gasteiger partial charge on any atom is -0.380 e. The monoisotopic (exact) mass is 239 g/mol. The number of hydrogen-bond donors (Lipinski definition) is 1. The Morgan fingerprint density at radius 3 is 2.61 bits per heavy atom. The molecule has 2 unspecified atom stereocenters. The topological polar surface area (TPSA) is 59.6 Å². The van der Waals surface area contributed by atoms with Gasteiger partial charge in [0.05, 0.1) is 23.2 Å². The Morgan fingerprint density at radius 2 is 1.83 bits per heavy atom. The number of rotatable bonds is 2. The first-order valence-electron chi connectivity index (χ1n) is 6.50. The molecule has 1 fully saturated rings. The second kappa shape index (κ2) is 6.07. The van der Waals surface area contributed by atoms with E-state index in [1.54, 1.807) is 6.07 Å². The second-order valence-corrected chi connectivity index (χ2v) is 4.78. The third-order valence-corrected chi connectivity index (χ3v) is 3.57. The Kier molecular flexibility index (Phi) is 4.20. The molecule has 0 bridgehead atoms. The number of nitrogens with one attached hydrogen (secondary N) is 1. The van der Waals surface area contributed by atoms with Crippen molar-refractivity contribution in [2.45, 2.75) is 38.1 Å². The highest BCUT2D eigenvalue weighted by atomic mass is 14.9. The zero-order valence-electron chi connectivity index (χ0n) is 10.4. The van der Waals surface area contributed by atoms with Crippen molar-refractivity contribution >= 4 is 5.69 Å². The molecule has 1 aliphatic rings. The Bertz CT molecular complexity index is 481. The van der Waals surface area contributed by atoms with E-state index in [2.05, 4.69) is 17.5 Å². The molecule has 1 N–H and O–H groups in total. The van der Waals surface area contributed by atoms with E-state index in [1.165, 1.54) is 6.42 Å². The third-order valence-electron chi connectivity index (χ3n) is 3.57. The van der Waals surface area contributed by atoms with Gasteiger partial charge in [-0.05, 0) is 25.0 Å². The molecule has 2 atom stereocenters. The summed E-state index contributed by atoms with van der Waals surface area (Å²) in [5, 5.41) is 21.7. The quantitative estimate of drug-likeness (QED) is 0.804. The van der Waals surface area contributed by atoms with Crippen molar-refractivity contribution in [3.05, 3.63) is 29.8 Å². The van der Waals surface area contributed by atoms with Crippen molar-refractivity contribution < 1.29 is 0 Å². The van der Waals surface area contributed by atoms with E-state index in [1.807, 2.05) is 18.2 Å². The molecular formula is C15H17N3. The summed E-state index contributed by atoms with van der Waals surface area (Å²) in [7, 11) is 0. The molecule has 0 heterocycles. The van der Waals surface area contributed by atoms with Crippen LogP contribution < -0.4 is 5.32 Å². The van der Waals surface area contributed by atoms with Crippen LogP contribution in [-0.4, -0.2) is 6.04 Å². The van der Waals surface area contributed by atoms with E-state index in [0.717, 1.165) is 31.4 Å². The first-order chi connectivity index (χ1) is 8.85. The molecule has 92 valence electrons. The number of anilines is 1. The van der Waals surface area contributed by atoms with Crippen LogP contribution in [0.25, 0.3) is 0 Å². The maximum absolute atomic E-state index is 9.24. The van der Waals surface area contributed by atoms with Crippen LogP contribution >= 0.6 is 0 Å². The fourth-order valence-electron chi connectivity index (χ4n) is 2.54. The Labute approximate surface area is 108 Å². The number of nitrogens with zero attached hydrogens (tertiary/aromatic N) is 2. The molecule has 0 spiro atoms. The van der Waals surface area contributed by atoms with Crippen LogP contribution in [-0.2, 0) is 0 Å². The van der Waals surface area contributed by atoms with Gasteiger partial charge in [-0.15, -0.1) is 0 Å². The van der Waals surface area contributed by atoms with Crippen LogP contribution in [0.3, 0.4) is 0 Å². The molecule has 1 saturated carbocycles. The van der Waals surface area contributed by atoms with Gasteiger partial charge in [0.1, 0.15) is 6.07 Å². The summed E-state index contributed by atoms with van der Waals surface area (Å²) in [5.41, 5.74) is 1.51. The van der Waals surface area contributed by atoms with Crippen LogP contribution in [0, 0.1) is 28.6 Å². The SMILES string of the molecule is N#Cc1ccccc1NC1CCCCCC1C#N. The molecule has 18 heavy (non-hydrogen) atoms. The second-order valence-electron chi connectivity index (χ2n) is 4.78. The van der Waals surface area contributed by atoms with E-state index in [0.29, 0.717) is 5.56 Å². The third kappa shape index (κ3) is 2.81. The van der Waals surface area contributed by atoms with Gasteiger partial charge in [-0.25, -0.2) is 0 Å². The van der Waals surface area contributed by atoms with Crippen molar-refractivity contribution in [3.63, 3.8) is 0 Å². The Balaban J connectivity index is 2.16. The molecule has 1 aromatic rings. The average Bonchev–Trinajstić information content (AvgIpc) is 2.64. The summed E-state index contributed by atoms with van der Waals surface area (Å²) >= 11 is 0. The normalized spacial score (nSPS) is 23.4. The lowest BCUT2D eigenvalue weighted by Gasteiger charge is -2.22. The molecule has 2 rings (SSSR count). The molecule has 0 aliphatic heterocycles. The van der Waals surface area contributed by atoms with Crippen LogP contribution in [0.2, 0.25) is 0 Å². The Morgan fingerprint density at radius 1 is 1.06 bits per heavy atom. The van der Waals surface area contributed by atoms with Gasteiger partial charge in [-0.3, -0.25) is 0 Å². The molecule has 3 nitrogen and oxygen atoms in total. The fourth-order valence-corrected chi connectivity index (χ4v) is 2.54. The molecular weight excluding hydrogens is 222 g/mol. The largest absolute Gasteiger partial charge is 0.380 e. The van der Waals surface area contributed by atoms with Crippen LogP contribution in [0.1, 0.15) is 37.7 Å². The van der Waals surface area contributed by atoms with Gasteiger partial charge in [0.25, 0.3) is 0 Å². The lowest BCUT2D eigenvalue weighted by molar-refractivity contribution is 0.514. The summed E-state index contributed by atoms with van der Waals surface area (Å²) in [5.74, 6) is 0.0549. The number of hydrogen-bond acceptors (Lipinski definition) is 3. The predicted octanol–water partition coefficient (Wildman–Crippen LogP) is 3.44. The first kappa shape index (κ1) is 12.5. The number of benzene rings is 1. The zero-order valence-corrected chi connectivity index (χ0v) is 10.4. The number of nitriles is 2. The number of para-hydroxylation sites is 1. The lowest BCUT2D eigenvalue weighted by atomic mass is 9.96. The molecule has 0 aromatic heterocycles. The smallest absolute Gasteiger partial charge is 0.101 e. The van der Waals surface area contributed by atoms with Crippen molar-refractivity contribution in [2.75, 3.05) is 5.32 Å². The fraction of sp³-hybridized carbons (Fsp3) is 0.467. The van der Waals surface area contributed by atoms with Crippen molar-refractivity contribution in [1.29, 1.82) is 10.5 Å². The van der Waals surface area contributed by atoms with Crippen molar-refractivity contribution in [1.82, 2.24) is 0 Å². The summed E-state index contributed by atoms with van der Waals surface area (Å²) in [6.07, 6.45) is 5.47. The van der Waals surface area contributed by atoms with Gasteiger partial charge in [-0.2, -0.15) is 10.5 Å². The molecule has 1 aromatic carbocycles. The van der Waals surface area contributed by atoms with E-state index in [4.69, 9.17) is 5.26 Å². The molecule has 1 aliphatic carbocycles. The summed E-state index contributed by atoms with van der Waals surface area (Å²) in [6, 6.07) is 12.3. The predicted molar refractivity (Wildman–Crippen MR) is 70.8 cm³/mol. The highest BCUT2D eigenvalue weighted by Gasteiger charge is 2.23. The maximum Gasteiger partial charge on any atom is 0.101 e. The molecule has 0 saturated heterocycles. The van der Waals surface area contributed by atoms with Crippen LogP contribution in [0.4, 0.5) is 5.69 Å². The molecule has 0 radical (unpaired) electrons. The van der Waals surface area contributed by atoms with E-state index >= 15 is 0 Å². The van der Waals surface area contributed by atoms with Gasteiger partial charge in [0.2, 0.25) is 0 Å². The first-order valence-corrected chi connectivity index (χ1v) is 6.50. The zero-order chi connectivity index (χ0) is 12.8. The van der Waals surface area contributed by atoms with Crippen molar-refractivity contribution in [3.8, 4) is 12.1 Å². The average molecular weight is 239 g/mol. The maximum atomic E-state index is 9.24. The minimum absolute atomic E-state index is 0.0549. The van der Waals surface area contributed by atoms with Crippen molar-refractivity contribution in [2.24, 2.45) is 5.92 Å². The highest BCUT2D eigenvalue weighted by molar-refractivity contribution is 5.57. The summed E-state index contributed by atoms with van der Waals surface area (Å²) < 4.78 is 0. The standard InChI is InChI=1S/C15H17N3/c16-10-12-6-2-1-3-8-14(12)18-15-9-5-4-7-13(15)11-17/h4-5,7,9,12,14,18H,1-3,6,8H2. The minimum atomic E-state index is 0.0549. The van der Waals surface area contributed by atoms with E-state index < -0.39 is 0 Å². The van der Waals surface area contributed by atoms with E-state index in [9.17, 15) is 5.26 Å². The van der Waals surface area contributed by atoms with Crippen LogP contribution in [0.15, 0.2) is 24.3 Å². The molecule has 3 heteroatoms.